The van der Waals surface area contributed by atoms with Gasteiger partial charge in [0.15, 0.2) is 5.82 Å². The fourth-order valence-electron chi connectivity index (χ4n) is 3.37. The van der Waals surface area contributed by atoms with E-state index in [2.05, 4.69) is 66.5 Å². The first-order valence-electron chi connectivity index (χ1n) is 9.03. The lowest BCUT2D eigenvalue weighted by molar-refractivity contribution is 0.313. The number of piperazine rings is 1. The van der Waals surface area contributed by atoms with Gasteiger partial charge in [-0.05, 0) is 44.2 Å². The summed E-state index contributed by atoms with van der Waals surface area (Å²) in [5, 5.41) is 11.6. The van der Waals surface area contributed by atoms with E-state index in [1.54, 1.807) is 6.20 Å². The maximum atomic E-state index is 4.60. The number of aromatic nitrogens is 3. The standard InChI is InChI=1S/C18H25N7/c1-23-10-12-24(13-11-23)16-6-4-15(5-7-16)20-17-14-19-22-18(21-17)25-8-2-3-9-25/h4-7,14H,2-3,8-13H2,1H3,(H,20,21,22). The molecule has 0 spiro atoms. The molecule has 0 radical (unpaired) electrons. The van der Waals surface area contributed by atoms with Gasteiger partial charge in [0.25, 0.3) is 0 Å². The van der Waals surface area contributed by atoms with Crippen LogP contribution in [-0.4, -0.2) is 66.4 Å². The molecule has 0 amide bonds. The molecule has 25 heavy (non-hydrogen) atoms. The van der Waals surface area contributed by atoms with Crippen molar-refractivity contribution < 1.29 is 0 Å². The van der Waals surface area contributed by atoms with Crippen molar-refractivity contribution in [3.05, 3.63) is 30.5 Å². The second kappa shape index (κ2) is 7.23. The van der Waals surface area contributed by atoms with Gasteiger partial charge in [0.1, 0.15) is 0 Å². The topological polar surface area (TPSA) is 60.4 Å². The lowest BCUT2D eigenvalue weighted by atomic mass is 10.2. The number of hydrogen-bond acceptors (Lipinski definition) is 7. The van der Waals surface area contributed by atoms with Crippen LogP contribution in [0.15, 0.2) is 30.5 Å². The van der Waals surface area contributed by atoms with E-state index in [-0.39, 0.29) is 0 Å². The lowest BCUT2D eigenvalue weighted by Crippen LogP contribution is -2.44. The highest BCUT2D eigenvalue weighted by molar-refractivity contribution is 5.61. The number of anilines is 4. The Morgan fingerprint density at radius 3 is 2.32 bits per heavy atom. The van der Waals surface area contributed by atoms with Crippen molar-refractivity contribution in [1.29, 1.82) is 0 Å². The van der Waals surface area contributed by atoms with Crippen LogP contribution in [-0.2, 0) is 0 Å². The summed E-state index contributed by atoms with van der Waals surface area (Å²) in [6, 6.07) is 8.55. The first kappa shape index (κ1) is 16.1. The second-order valence-corrected chi connectivity index (χ2v) is 6.80. The van der Waals surface area contributed by atoms with E-state index in [0.717, 1.165) is 56.7 Å². The van der Waals surface area contributed by atoms with Crippen LogP contribution in [0.5, 0.6) is 0 Å². The Kier molecular flexibility index (Phi) is 4.65. The minimum atomic E-state index is 0.719. The molecule has 1 aromatic heterocycles. The highest BCUT2D eigenvalue weighted by Gasteiger charge is 2.16. The zero-order valence-electron chi connectivity index (χ0n) is 14.7. The smallest absolute Gasteiger partial charge is 0.247 e. The quantitative estimate of drug-likeness (QED) is 0.914. The van der Waals surface area contributed by atoms with Crippen LogP contribution in [0, 0.1) is 0 Å². The van der Waals surface area contributed by atoms with Crippen LogP contribution in [0.1, 0.15) is 12.8 Å². The molecule has 1 N–H and O–H groups in total. The Morgan fingerprint density at radius 1 is 0.880 bits per heavy atom. The van der Waals surface area contributed by atoms with Gasteiger partial charge in [0.05, 0.1) is 6.20 Å². The molecule has 0 atom stereocenters. The van der Waals surface area contributed by atoms with Crippen molar-refractivity contribution in [3.63, 3.8) is 0 Å². The third-order valence-electron chi connectivity index (χ3n) is 4.94. The fourth-order valence-corrected chi connectivity index (χ4v) is 3.37. The van der Waals surface area contributed by atoms with E-state index in [1.165, 1.54) is 18.5 Å². The molecule has 0 unspecified atom stereocenters. The molecule has 2 aromatic rings. The van der Waals surface area contributed by atoms with Gasteiger partial charge >= 0.3 is 0 Å². The number of benzene rings is 1. The molecular weight excluding hydrogens is 314 g/mol. The zero-order valence-corrected chi connectivity index (χ0v) is 14.7. The third-order valence-corrected chi connectivity index (χ3v) is 4.94. The average molecular weight is 339 g/mol. The summed E-state index contributed by atoms with van der Waals surface area (Å²) in [7, 11) is 2.18. The van der Waals surface area contributed by atoms with E-state index >= 15 is 0 Å². The molecule has 2 aliphatic rings. The Bertz CT molecular complexity index is 689. The molecule has 3 heterocycles. The second-order valence-electron chi connectivity index (χ2n) is 6.80. The highest BCUT2D eigenvalue weighted by atomic mass is 15.3. The summed E-state index contributed by atoms with van der Waals surface area (Å²) in [6.07, 6.45) is 4.08. The molecule has 2 fully saturated rings. The maximum Gasteiger partial charge on any atom is 0.247 e. The summed E-state index contributed by atoms with van der Waals surface area (Å²) in [5.74, 6) is 1.46. The van der Waals surface area contributed by atoms with E-state index in [9.17, 15) is 0 Å². The van der Waals surface area contributed by atoms with Crippen LogP contribution in [0.25, 0.3) is 0 Å². The predicted molar refractivity (Wildman–Crippen MR) is 101 cm³/mol. The number of nitrogens with one attached hydrogen (secondary N) is 1. The van der Waals surface area contributed by atoms with Crippen LogP contribution in [0.2, 0.25) is 0 Å². The van der Waals surface area contributed by atoms with Crippen LogP contribution in [0.3, 0.4) is 0 Å². The van der Waals surface area contributed by atoms with Gasteiger partial charge in [-0.15, -0.1) is 5.10 Å². The van der Waals surface area contributed by atoms with Crippen molar-refractivity contribution in [1.82, 2.24) is 20.1 Å². The third kappa shape index (κ3) is 3.82. The first-order valence-corrected chi connectivity index (χ1v) is 9.03. The van der Waals surface area contributed by atoms with Gasteiger partial charge in [0.2, 0.25) is 5.95 Å². The van der Waals surface area contributed by atoms with Crippen LogP contribution >= 0.6 is 0 Å². The molecule has 1 aromatic carbocycles. The number of nitrogens with zero attached hydrogens (tertiary/aromatic N) is 6. The summed E-state index contributed by atoms with van der Waals surface area (Å²) < 4.78 is 0. The Hall–Kier alpha value is -2.41. The molecule has 4 rings (SSSR count). The van der Waals surface area contributed by atoms with Crippen LogP contribution in [0.4, 0.5) is 23.1 Å². The van der Waals surface area contributed by atoms with Gasteiger partial charge < -0.3 is 20.0 Å². The molecule has 2 saturated heterocycles. The van der Waals surface area contributed by atoms with Crippen LogP contribution < -0.4 is 15.1 Å². The van der Waals surface area contributed by atoms with Gasteiger partial charge in [-0.3, -0.25) is 0 Å². The summed E-state index contributed by atoms with van der Waals surface area (Å²) in [4.78, 5) is 11.6. The Balaban J connectivity index is 1.42. The van der Waals surface area contributed by atoms with Gasteiger partial charge in [-0.2, -0.15) is 10.1 Å². The van der Waals surface area contributed by atoms with Crippen molar-refractivity contribution in [2.24, 2.45) is 0 Å². The lowest BCUT2D eigenvalue weighted by Gasteiger charge is -2.34. The predicted octanol–water partition coefficient (Wildman–Crippen LogP) is 1.97. The molecule has 2 aliphatic heterocycles. The zero-order chi connectivity index (χ0) is 17.1. The normalized spacial score (nSPS) is 18.6. The molecular formula is C18H25N7. The Labute approximate surface area is 148 Å². The molecule has 0 saturated carbocycles. The first-order chi connectivity index (χ1) is 12.3. The number of hydrogen-bond donors (Lipinski definition) is 1. The van der Waals surface area contributed by atoms with Gasteiger partial charge in [-0.25, -0.2) is 0 Å². The monoisotopic (exact) mass is 339 g/mol. The SMILES string of the molecule is CN1CCN(c2ccc(Nc3cnnc(N4CCCC4)n3)cc2)CC1. The minimum absolute atomic E-state index is 0.719. The van der Waals surface area contributed by atoms with E-state index in [0.29, 0.717) is 0 Å². The molecule has 0 bridgehead atoms. The highest BCUT2D eigenvalue weighted by Crippen LogP contribution is 2.22. The van der Waals surface area contributed by atoms with Crippen molar-refractivity contribution >= 4 is 23.1 Å². The van der Waals surface area contributed by atoms with E-state index < -0.39 is 0 Å². The average Bonchev–Trinajstić information content (AvgIpc) is 3.18. The van der Waals surface area contributed by atoms with Crippen molar-refractivity contribution in [2.75, 3.05) is 61.4 Å². The minimum Gasteiger partial charge on any atom is -0.369 e. The fraction of sp³-hybridized carbons (Fsp3) is 0.500. The van der Waals surface area contributed by atoms with Crippen molar-refractivity contribution in [3.8, 4) is 0 Å². The van der Waals surface area contributed by atoms with E-state index in [1.807, 2.05) is 0 Å². The molecule has 132 valence electrons. The Morgan fingerprint density at radius 2 is 1.60 bits per heavy atom. The summed E-state index contributed by atoms with van der Waals surface area (Å²) in [6.45, 7) is 6.43. The molecule has 7 nitrogen and oxygen atoms in total. The summed E-state index contributed by atoms with van der Waals surface area (Å²) >= 11 is 0. The number of rotatable bonds is 4. The molecule has 0 aliphatic carbocycles. The van der Waals surface area contributed by atoms with Gasteiger partial charge in [0, 0.05) is 50.6 Å². The summed E-state index contributed by atoms with van der Waals surface area (Å²) in [5.41, 5.74) is 2.29. The maximum absolute atomic E-state index is 4.60. The van der Waals surface area contributed by atoms with E-state index in [4.69, 9.17) is 0 Å². The number of likely N-dealkylation sites (N-methyl/N-ethyl adjacent to an activating group) is 1. The van der Waals surface area contributed by atoms with Crippen molar-refractivity contribution in [2.45, 2.75) is 12.8 Å². The van der Waals surface area contributed by atoms with Gasteiger partial charge in [-0.1, -0.05) is 0 Å². The largest absolute Gasteiger partial charge is 0.369 e. The molecule has 7 heteroatoms.